The lowest BCUT2D eigenvalue weighted by atomic mass is 10.0. The van der Waals surface area contributed by atoms with Gasteiger partial charge in [-0.25, -0.2) is 0 Å². The number of amides is 1. The molecule has 116 valence electrons. The van der Waals surface area contributed by atoms with Gasteiger partial charge in [0.2, 0.25) is 5.91 Å². The number of aryl methyl sites for hydroxylation is 1. The van der Waals surface area contributed by atoms with Gasteiger partial charge in [0.1, 0.15) is 0 Å². The van der Waals surface area contributed by atoms with Crippen LogP contribution in [0.15, 0.2) is 30.3 Å². The number of piperazine rings is 1. The van der Waals surface area contributed by atoms with Crippen molar-refractivity contribution in [3.05, 3.63) is 35.9 Å². The van der Waals surface area contributed by atoms with Crippen molar-refractivity contribution in [2.24, 2.45) is 5.73 Å². The van der Waals surface area contributed by atoms with Crippen LogP contribution in [0.1, 0.15) is 25.8 Å². The van der Waals surface area contributed by atoms with Crippen molar-refractivity contribution in [1.29, 1.82) is 0 Å². The molecule has 1 atom stereocenters. The predicted octanol–water partition coefficient (Wildman–Crippen LogP) is 1.50. The van der Waals surface area contributed by atoms with Crippen molar-refractivity contribution in [3.63, 3.8) is 0 Å². The molecule has 0 spiro atoms. The summed E-state index contributed by atoms with van der Waals surface area (Å²) in [6, 6.07) is 10.4. The summed E-state index contributed by atoms with van der Waals surface area (Å²) in [5.41, 5.74) is 7.33. The van der Waals surface area contributed by atoms with Gasteiger partial charge in [-0.15, -0.1) is 0 Å². The van der Waals surface area contributed by atoms with Crippen molar-refractivity contribution in [1.82, 2.24) is 9.80 Å². The minimum absolute atomic E-state index is 0.106. The first-order valence-corrected chi connectivity index (χ1v) is 7.90. The van der Waals surface area contributed by atoms with Crippen LogP contribution in [0.5, 0.6) is 0 Å². The van der Waals surface area contributed by atoms with E-state index >= 15 is 0 Å². The molecule has 21 heavy (non-hydrogen) atoms. The molecule has 0 aliphatic carbocycles. The molecule has 2 N–H and O–H groups in total. The first-order valence-electron chi connectivity index (χ1n) is 7.90. The average Bonchev–Trinajstić information content (AvgIpc) is 2.53. The molecule has 1 aliphatic heterocycles. The minimum Gasteiger partial charge on any atom is -0.339 e. The number of hydrogen-bond donors (Lipinski definition) is 1. The summed E-state index contributed by atoms with van der Waals surface area (Å²) in [5.74, 6) is 0.106. The van der Waals surface area contributed by atoms with Crippen molar-refractivity contribution >= 4 is 5.91 Å². The third-order valence-corrected chi connectivity index (χ3v) is 4.26. The quantitative estimate of drug-likeness (QED) is 0.893. The zero-order chi connectivity index (χ0) is 15.2. The minimum atomic E-state index is -0.379. The molecule has 0 radical (unpaired) electrons. The second-order valence-electron chi connectivity index (χ2n) is 6.09. The number of carbonyl (C=O) groups is 1. The van der Waals surface area contributed by atoms with Crippen LogP contribution in [-0.2, 0) is 11.2 Å². The number of nitrogens with zero attached hydrogens (tertiary/aromatic N) is 2. The average molecular weight is 289 g/mol. The van der Waals surface area contributed by atoms with E-state index in [-0.39, 0.29) is 11.9 Å². The van der Waals surface area contributed by atoms with Crippen LogP contribution >= 0.6 is 0 Å². The Balaban J connectivity index is 1.78. The molecule has 1 heterocycles. The van der Waals surface area contributed by atoms with E-state index in [9.17, 15) is 4.79 Å². The zero-order valence-electron chi connectivity index (χ0n) is 13.2. The normalized spacial score (nSPS) is 18.0. The first-order chi connectivity index (χ1) is 10.1. The smallest absolute Gasteiger partial charge is 0.239 e. The van der Waals surface area contributed by atoms with Crippen LogP contribution in [-0.4, -0.2) is 54.0 Å². The van der Waals surface area contributed by atoms with Gasteiger partial charge < -0.3 is 10.6 Å². The van der Waals surface area contributed by atoms with Crippen molar-refractivity contribution in [2.75, 3.05) is 26.2 Å². The maximum Gasteiger partial charge on any atom is 0.239 e. The molecule has 1 aliphatic rings. The topological polar surface area (TPSA) is 49.6 Å². The summed E-state index contributed by atoms with van der Waals surface area (Å²) in [5, 5.41) is 0. The van der Waals surface area contributed by atoms with Crippen LogP contribution in [0.3, 0.4) is 0 Å². The van der Waals surface area contributed by atoms with E-state index in [1.54, 1.807) is 0 Å². The first kappa shape index (κ1) is 16.0. The molecule has 1 aromatic rings. The van der Waals surface area contributed by atoms with Crippen LogP contribution in [0.2, 0.25) is 0 Å². The Labute approximate surface area is 127 Å². The van der Waals surface area contributed by atoms with Crippen LogP contribution in [0.25, 0.3) is 0 Å². The Morgan fingerprint density at radius 2 is 1.76 bits per heavy atom. The summed E-state index contributed by atoms with van der Waals surface area (Å²) < 4.78 is 0. The Morgan fingerprint density at radius 3 is 2.33 bits per heavy atom. The molecule has 0 bridgehead atoms. The molecule has 4 heteroatoms. The summed E-state index contributed by atoms with van der Waals surface area (Å²) in [6.45, 7) is 7.90. The lowest BCUT2D eigenvalue weighted by Crippen LogP contribution is -2.54. The van der Waals surface area contributed by atoms with Gasteiger partial charge in [-0.1, -0.05) is 30.3 Å². The van der Waals surface area contributed by atoms with Gasteiger partial charge in [-0.2, -0.15) is 0 Å². The molecule has 1 fully saturated rings. The Hall–Kier alpha value is -1.39. The van der Waals surface area contributed by atoms with E-state index in [0.717, 1.165) is 32.6 Å². The maximum absolute atomic E-state index is 12.4. The molecule has 1 amide bonds. The molecule has 1 aromatic carbocycles. The third-order valence-electron chi connectivity index (χ3n) is 4.26. The van der Waals surface area contributed by atoms with Crippen LogP contribution in [0, 0.1) is 0 Å². The van der Waals surface area contributed by atoms with Crippen LogP contribution in [0.4, 0.5) is 0 Å². The fourth-order valence-corrected chi connectivity index (χ4v) is 2.78. The lowest BCUT2D eigenvalue weighted by Gasteiger charge is -2.37. The Bertz CT molecular complexity index is 439. The highest BCUT2D eigenvalue weighted by atomic mass is 16.2. The number of rotatable bonds is 5. The van der Waals surface area contributed by atoms with Crippen molar-refractivity contribution in [3.8, 4) is 0 Å². The SMILES string of the molecule is CC(C)N1CCN(C(=O)C(N)CCc2ccccc2)CC1. The summed E-state index contributed by atoms with van der Waals surface area (Å²) >= 11 is 0. The van der Waals surface area contributed by atoms with Gasteiger partial charge in [-0.3, -0.25) is 9.69 Å². The monoisotopic (exact) mass is 289 g/mol. The van der Waals surface area contributed by atoms with E-state index in [2.05, 4.69) is 30.9 Å². The number of nitrogens with two attached hydrogens (primary N) is 1. The highest BCUT2D eigenvalue weighted by Gasteiger charge is 2.25. The molecule has 4 nitrogen and oxygen atoms in total. The molecular weight excluding hydrogens is 262 g/mol. The largest absolute Gasteiger partial charge is 0.339 e. The van der Waals surface area contributed by atoms with E-state index in [1.165, 1.54) is 5.56 Å². The standard InChI is InChI=1S/C17H27N3O/c1-14(2)19-10-12-20(13-11-19)17(21)16(18)9-8-15-6-4-3-5-7-15/h3-7,14,16H,8-13,18H2,1-2H3. The second-order valence-corrected chi connectivity index (χ2v) is 6.09. The fraction of sp³-hybridized carbons (Fsp3) is 0.588. The number of carbonyl (C=O) groups excluding carboxylic acids is 1. The fourth-order valence-electron chi connectivity index (χ4n) is 2.78. The van der Waals surface area contributed by atoms with Crippen molar-refractivity contribution < 1.29 is 4.79 Å². The van der Waals surface area contributed by atoms with Gasteiger partial charge in [-0.05, 0) is 32.3 Å². The predicted molar refractivity (Wildman–Crippen MR) is 86.0 cm³/mol. The second kappa shape index (κ2) is 7.57. The van der Waals surface area contributed by atoms with Crippen molar-refractivity contribution in [2.45, 2.75) is 38.8 Å². The van der Waals surface area contributed by atoms with E-state index < -0.39 is 0 Å². The van der Waals surface area contributed by atoms with Gasteiger partial charge >= 0.3 is 0 Å². The third kappa shape index (κ3) is 4.55. The summed E-state index contributed by atoms with van der Waals surface area (Å²) in [6.07, 6.45) is 1.58. The summed E-state index contributed by atoms with van der Waals surface area (Å²) in [4.78, 5) is 16.7. The molecule has 2 rings (SSSR count). The van der Waals surface area contributed by atoms with E-state index in [0.29, 0.717) is 12.5 Å². The van der Waals surface area contributed by atoms with Gasteiger partial charge in [0, 0.05) is 32.2 Å². The molecule has 0 aromatic heterocycles. The maximum atomic E-state index is 12.4. The summed E-state index contributed by atoms with van der Waals surface area (Å²) in [7, 11) is 0. The Morgan fingerprint density at radius 1 is 1.14 bits per heavy atom. The highest BCUT2D eigenvalue weighted by Crippen LogP contribution is 2.10. The van der Waals surface area contributed by atoms with Gasteiger partial charge in [0.05, 0.1) is 6.04 Å². The molecule has 0 saturated carbocycles. The van der Waals surface area contributed by atoms with E-state index in [4.69, 9.17) is 5.73 Å². The number of hydrogen-bond acceptors (Lipinski definition) is 3. The Kier molecular flexibility index (Phi) is 5.76. The highest BCUT2D eigenvalue weighted by molar-refractivity contribution is 5.81. The van der Waals surface area contributed by atoms with Gasteiger partial charge in [0.25, 0.3) is 0 Å². The lowest BCUT2D eigenvalue weighted by molar-refractivity contribution is -0.134. The van der Waals surface area contributed by atoms with E-state index in [1.807, 2.05) is 23.1 Å². The molecular formula is C17H27N3O. The molecule has 1 saturated heterocycles. The number of benzene rings is 1. The zero-order valence-corrected chi connectivity index (χ0v) is 13.2. The van der Waals surface area contributed by atoms with Gasteiger partial charge in [0.15, 0.2) is 0 Å². The van der Waals surface area contributed by atoms with Crippen LogP contribution < -0.4 is 5.73 Å². The molecule has 1 unspecified atom stereocenters.